The summed E-state index contributed by atoms with van der Waals surface area (Å²) in [6, 6.07) is 3.32. The molecule has 4 N–H and O–H groups in total. The first-order chi connectivity index (χ1) is 9.95. The molecule has 110 valence electrons. The summed E-state index contributed by atoms with van der Waals surface area (Å²) < 4.78 is 1.62. The number of aryl methyl sites for hydroxylation is 1. The van der Waals surface area contributed by atoms with Gasteiger partial charge in [-0.2, -0.15) is 5.10 Å². The van der Waals surface area contributed by atoms with Crippen molar-refractivity contribution in [2.45, 2.75) is 6.54 Å². The fourth-order valence-electron chi connectivity index (χ4n) is 1.71. The van der Waals surface area contributed by atoms with E-state index < -0.39 is 17.7 Å². The van der Waals surface area contributed by atoms with Crippen LogP contribution in [0.4, 0.5) is 10.5 Å². The molecule has 2 aromatic rings. The predicted molar refractivity (Wildman–Crippen MR) is 74.1 cm³/mol. The number of anilines is 1. The Kier molecular flexibility index (Phi) is 4.07. The highest BCUT2D eigenvalue weighted by Crippen LogP contribution is 2.21. The number of nitrogens with zero attached hydrogens (tertiary/aromatic N) is 2. The Morgan fingerprint density at radius 3 is 2.71 bits per heavy atom. The first kappa shape index (κ1) is 14.4. The molecule has 0 aliphatic rings. The molecule has 0 saturated heterocycles. The number of carbonyl (C=O) groups is 2. The molecular formula is C13H14N4O4. The molecule has 0 spiro atoms. The quantitative estimate of drug-likeness (QED) is 0.674. The monoisotopic (exact) mass is 290 g/mol. The molecule has 2 amide bonds. The Morgan fingerprint density at radius 1 is 1.38 bits per heavy atom. The third-order valence-electron chi connectivity index (χ3n) is 2.70. The van der Waals surface area contributed by atoms with Crippen molar-refractivity contribution in [1.82, 2.24) is 15.1 Å². The molecular weight excluding hydrogens is 276 g/mol. The van der Waals surface area contributed by atoms with E-state index in [1.165, 1.54) is 18.2 Å². The number of hydrogen-bond acceptors (Lipinski definition) is 4. The van der Waals surface area contributed by atoms with Gasteiger partial charge in [-0.1, -0.05) is 0 Å². The van der Waals surface area contributed by atoms with Crippen molar-refractivity contribution in [3.05, 3.63) is 41.7 Å². The number of hydrogen-bond donors (Lipinski definition) is 4. The summed E-state index contributed by atoms with van der Waals surface area (Å²) in [5, 5.41) is 27.4. The van der Waals surface area contributed by atoms with E-state index in [9.17, 15) is 14.7 Å². The van der Waals surface area contributed by atoms with Crippen LogP contribution in [0.3, 0.4) is 0 Å². The molecule has 0 fully saturated rings. The summed E-state index contributed by atoms with van der Waals surface area (Å²) >= 11 is 0. The normalized spacial score (nSPS) is 10.1. The summed E-state index contributed by atoms with van der Waals surface area (Å²) in [5.41, 5.74) is 0.911. The van der Waals surface area contributed by atoms with E-state index in [0.29, 0.717) is 12.2 Å². The van der Waals surface area contributed by atoms with Gasteiger partial charge in [0, 0.05) is 37.1 Å². The third kappa shape index (κ3) is 3.72. The van der Waals surface area contributed by atoms with Crippen LogP contribution in [0.25, 0.3) is 0 Å². The Morgan fingerprint density at radius 2 is 2.14 bits per heavy atom. The van der Waals surface area contributed by atoms with Crippen LogP contribution in [0, 0.1) is 0 Å². The second kappa shape index (κ2) is 5.95. The highest BCUT2D eigenvalue weighted by atomic mass is 16.4. The molecule has 0 radical (unpaired) electrons. The lowest BCUT2D eigenvalue weighted by molar-refractivity contribution is 0.0694. The standard InChI is InChI=1S/C13H14N4O4/c1-17-7-8(6-15-17)5-14-13(21)16-9-2-3-10(12(19)20)11(18)4-9/h2-4,6-7,18H,5H2,1H3,(H,19,20)(H2,14,16,21). The number of aromatic hydroxyl groups is 1. The Bertz CT molecular complexity index is 681. The van der Waals surface area contributed by atoms with Crippen molar-refractivity contribution in [3.8, 4) is 5.75 Å². The van der Waals surface area contributed by atoms with E-state index in [1.807, 2.05) is 0 Å². The first-order valence-electron chi connectivity index (χ1n) is 6.04. The van der Waals surface area contributed by atoms with E-state index in [1.54, 1.807) is 24.1 Å². The highest BCUT2D eigenvalue weighted by molar-refractivity contribution is 5.93. The number of carboxylic acid groups (broad SMARTS) is 1. The third-order valence-corrected chi connectivity index (χ3v) is 2.70. The van der Waals surface area contributed by atoms with Crippen molar-refractivity contribution in [2.24, 2.45) is 7.05 Å². The van der Waals surface area contributed by atoms with E-state index in [2.05, 4.69) is 15.7 Å². The minimum atomic E-state index is -1.24. The molecule has 21 heavy (non-hydrogen) atoms. The lowest BCUT2D eigenvalue weighted by Crippen LogP contribution is -2.28. The van der Waals surface area contributed by atoms with E-state index in [0.717, 1.165) is 5.56 Å². The van der Waals surface area contributed by atoms with Crippen LogP contribution in [0.15, 0.2) is 30.6 Å². The van der Waals surface area contributed by atoms with Crippen LogP contribution in [0.5, 0.6) is 5.75 Å². The van der Waals surface area contributed by atoms with Gasteiger partial charge in [0.05, 0.1) is 6.20 Å². The molecule has 0 unspecified atom stereocenters. The van der Waals surface area contributed by atoms with Crippen molar-refractivity contribution >= 4 is 17.7 Å². The summed E-state index contributed by atoms with van der Waals surface area (Å²) in [6.45, 7) is 0.304. The molecule has 0 aliphatic heterocycles. The average Bonchev–Trinajstić information content (AvgIpc) is 2.82. The van der Waals surface area contributed by atoms with Gasteiger partial charge >= 0.3 is 12.0 Å². The minimum Gasteiger partial charge on any atom is -0.507 e. The highest BCUT2D eigenvalue weighted by Gasteiger charge is 2.10. The molecule has 1 aromatic carbocycles. The maximum Gasteiger partial charge on any atom is 0.339 e. The van der Waals surface area contributed by atoms with E-state index in [-0.39, 0.29) is 5.56 Å². The maximum atomic E-state index is 11.7. The topological polar surface area (TPSA) is 116 Å². The summed E-state index contributed by atoms with van der Waals surface area (Å²) in [5.74, 6) is -1.65. The van der Waals surface area contributed by atoms with Gasteiger partial charge in [0.2, 0.25) is 0 Å². The fourth-order valence-corrected chi connectivity index (χ4v) is 1.71. The zero-order valence-corrected chi connectivity index (χ0v) is 11.2. The molecule has 0 aliphatic carbocycles. The lowest BCUT2D eigenvalue weighted by atomic mass is 10.2. The van der Waals surface area contributed by atoms with Crippen LogP contribution in [-0.4, -0.2) is 32.0 Å². The van der Waals surface area contributed by atoms with Crippen molar-refractivity contribution in [1.29, 1.82) is 0 Å². The van der Waals surface area contributed by atoms with Gasteiger partial charge in [-0.15, -0.1) is 0 Å². The number of amides is 2. The number of aromatic nitrogens is 2. The second-order valence-corrected chi connectivity index (χ2v) is 4.37. The summed E-state index contributed by atoms with van der Waals surface area (Å²) in [4.78, 5) is 22.4. The van der Waals surface area contributed by atoms with Gasteiger partial charge in [-0.05, 0) is 12.1 Å². The fraction of sp³-hybridized carbons (Fsp3) is 0.154. The van der Waals surface area contributed by atoms with Gasteiger partial charge in [-0.3, -0.25) is 4.68 Å². The zero-order chi connectivity index (χ0) is 15.4. The molecule has 0 bridgehead atoms. The number of benzene rings is 1. The number of phenols is 1. The Hall–Kier alpha value is -3.03. The van der Waals surface area contributed by atoms with Crippen molar-refractivity contribution in [3.63, 3.8) is 0 Å². The SMILES string of the molecule is Cn1cc(CNC(=O)Nc2ccc(C(=O)O)c(O)c2)cn1. The summed E-state index contributed by atoms with van der Waals surface area (Å²) in [6.07, 6.45) is 3.40. The van der Waals surface area contributed by atoms with Crippen molar-refractivity contribution < 1.29 is 19.8 Å². The number of aromatic carboxylic acids is 1. The molecule has 0 saturated carbocycles. The number of rotatable bonds is 4. The second-order valence-electron chi connectivity index (χ2n) is 4.37. The average molecular weight is 290 g/mol. The van der Waals surface area contributed by atoms with Crippen LogP contribution in [0.2, 0.25) is 0 Å². The number of urea groups is 1. The molecule has 1 heterocycles. The molecule has 8 nitrogen and oxygen atoms in total. The smallest absolute Gasteiger partial charge is 0.339 e. The molecule has 0 atom stereocenters. The predicted octanol–water partition coefficient (Wildman–Crippen LogP) is 1.15. The largest absolute Gasteiger partial charge is 0.507 e. The van der Waals surface area contributed by atoms with Gasteiger partial charge in [0.1, 0.15) is 11.3 Å². The molecule has 2 rings (SSSR count). The Balaban J connectivity index is 1.93. The van der Waals surface area contributed by atoms with Crippen molar-refractivity contribution in [2.75, 3.05) is 5.32 Å². The number of carbonyl (C=O) groups excluding carboxylic acids is 1. The van der Waals surface area contributed by atoms with Crippen LogP contribution in [-0.2, 0) is 13.6 Å². The van der Waals surface area contributed by atoms with Crippen LogP contribution < -0.4 is 10.6 Å². The van der Waals surface area contributed by atoms with E-state index >= 15 is 0 Å². The maximum absolute atomic E-state index is 11.7. The zero-order valence-electron chi connectivity index (χ0n) is 11.2. The van der Waals surface area contributed by atoms with E-state index in [4.69, 9.17) is 5.11 Å². The van der Waals surface area contributed by atoms with Gasteiger partial charge in [-0.25, -0.2) is 9.59 Å². The number of nitrogens with one attached hydrogen (secondary N) is 2. The van der Waals surface area contributed by atoms with Gasteiger partial charge < -0.3 is 20.8 Å². The summed E-state index contributed by atoms with van der Waals surface area (Å²) in [7, 11) is 1.77. The van der Waals surface area contributed by atoms with Crippen LogP contribution >= 0.6 is 0 Å². The minimum absolute atomic E-state index is 0.226. The van der Waals surface area contributed by atoms with Gasteiger partial charge in [0.25, 0.3) is 0 Å². The van der Waals surface area contributed by atoms with Crippen LogP contribution in [0.1, 0.15) is 15.9 Å². The molecule has 8 heteroatoms. The molecule has 1 aromatic heterocycles. The van der Waals surface area contributed by atoms with Gasteiger partial charge in [0.15, 0.2) is 0 Å². The number of carboxylic acids is 1. The lowest BCUT2D eigenvalue weighted by Gasteiger charge is -2.08. The first-order valence-corrected chi connectivity index (χ1v) is 6.04. The Labute approximate surface area is 120 Å².